The van der Waals surface area contributed by atoms with Gasteiger partial charge < -0.3 is 10.0 Å². The average molecular weight is 292 g/mol. The Hall–Kier alpha value is -1.69. The molecule has 1 aromatic carbocycles. The summed E-state index contributed by atoms with van der Waals surface area (Å²) in [5.74, 6) is 0.888. The molecule has 3 rings (SSSR count). The van der Waals surface area contributed by atoms with Gasteiger partial charge in [0.25, 0.3) is 0 Å². The van der Waals surface area contributed by atoms with Crippen LogP contribution in [0.1, 0.15) is 5.56 Å². The maximum atomic E-state index is 12.7. The first-order valence-corrected chi connectivity index (χ1v) is 7.80. The lowest BCUT2D eigenvalue weighted by atomic mass is 10.1. The molecule has 0 saturated carbocycles. The van der Waals surface area contributed by atoms with Crippen LogP contribution in [0.3, 0.4) is 0 Å². The van der Waals surface area contributed by atoms with E-state index in [0.29, 0.717) is 19.5 Å². The van der Waals surface area contributed by atoms with Gasteiger partial charge in [-0.25, -0.2) is 9.59 Å². The number of carboxylic acids is 1. The molecule has 0 radical (unpaired) electrons. The van der Waals surface area contributed by atoms with E-state index in [1.54, 1.807) is 4.90 Å². The second-order valence-electron chi connectivity index (χ2n) is 4.94. The third kappa shape index (κ3) is 2.24. The van der Waals surface area contributed by atoms with Gasteiger partial charge in [0.2, 0.25) is 0 Å². The Balaban J connectivity index is 1.91. The highest BCUT2D eigenvalue weighted by molar-refractivity contribution is 7.99. The zero-order chi connectivity index (χ0) is 14.1. The maximum Gasteiger partial charge on any atom is 0.327 e. The zero-order valence-electron chi connectivity index (χ0n) is 11.0. The van der Waals surface area contributed by atoms with Crippen LogP contribution in [-0.2, 0) is 11.2 Å². The molecule has 6 heteroatoms. The molecule has 2 heterocycles. The fraction of sp³-hybridized carbons (Fsp3) is 0.429. The van der Waals surface area contributed by atoms with Crippen LogP contribution in [0.4, 0.5) is 10.5 Å². The Morgan fingerprint density at radius 1 is 1.20 bits per heavy atom. The number of fused-ring (bicyclic) bond motifs is 1. The molecule has 2 amide bonds. The molecule has 2 aliphatic heterocycles. The summed E-state index contributed by atoms with van der Waals surface area (Å²) < 4.78 is 0. The van der Waals surface area contributed by atoms with Crippen LogP contribution in [0, 0.1) is 0 Å². The number of amides is 2. The highest BCUT2D eigenvalue weighted by atomic mass is 32.2. The van der Waals surface area contributed by atoms with Crippen molar-refractivity contribution >= 4 is 29.4 Å². The van der Waals surface area contributed by atoms with Crippen molar-refractivity contribution in [2.45, 2.75) is 12.5 Å². The van der Waals surface area contributed by atoms with E-state index in [2.05, 4.69) is 0 Å². The summed E-state index contributed by atoms with van der Waals surface area (Å²) in [6.07, 6.45) is 0.389. The van der Waals surface area contributed by atoms with E-state index >= 15 is 0 Å². The highest BCUT2D eigenvalue weighted by Crippen LogP contribution is 2.33. The number of anilines is 1. The predicted molar refractivity (Wildman–Crippen MR) is 78.3 cm³/mol. The second kappa shape index (κ2) is 5.36. The molecular weight excluding hydrogens is 276 g/mol. The molecule has 1 N–H and O–H groups in total. The van der Waals surface area contributed by atoms with E-state index in [0.717, 1.165) is 22.8 Å². The third-order valence-electron chi connectivity index (χ3n) is 3.75. The van der Waals surface area contributed by atoms with Crippen molar-refractivity contribution in [1.82, 2.24) is 4.90 Å². The fourth-order valence-corrected chi connectivity index (χ4v) is 3.63. The number of carboxylic acid groups (broad SMARTS) is 1. The van der Waals surface area contributed by atoms with Crippen molar-refractivity contribution < 1.29 is 14.7 Å². The summed E-state index contributed by atoms with van der Waals surface area (Å²) in [6.45, 7) is 1.38. The van der Waals surface area contributed by atoms with Crippen molar-refractivity contribution in [3.8, 4) is 0 Å². The van der Waals surface area contributed by atoms with Crippen LogP contribution in [0.15, 0.2) is 24.3 Å². The van der Waals surface area contributed by atoms with Crippen LogP contribution < -0.4 is 4.90 Å². The normalized spacial score (nSPS) is 21.7. The number of benzene rings is 1. The second-order valence-corrected chi connectivity index (χ2v) is 6.16. The number of aliphatic carboxylic acids is 1. The largest absolute Gasteiger partial charge is 0.480 e. The van der Waals surface area contributed by atoms with Crippen molar-refractivity contribution in [2.24, 2.45) is 0 Å². The first-order chi connectivity index (χ1) is 9.68. The average Bonchev–Trinajstić information content (AvgIpc) is 2.87. The van der Waals surface area contributed by atoms with Crippen LogP contribution >= 0.6 is 11.8 Å². The van der Waals surface area contributed by atoms with Gasteiger partial charge in [-0.2, -0.15) is 11.8 Å². The molecule has 1 fully saturated rings. The maximum absolute atomic E-state index is 12.7. The predicted octanol–water partition coefficient (Wildman–Crippen LogP) is 1.67. The number of hydrogen-bond acceptors (Lipinski definition) is 3. The summed E-state index contributed by atoms with van der Waals surface area (Å²) in [4.78, 5) is 27.3. The molecule has 20 heavy (non-hydrogen) atoms. The molecular formula is C14H16N2O3S. The van der Waals surface area contributed by atoms with Gasteiger partial charge >= 0.3 is 12.0 Å². The van der Waals surface area contributed by atoms with Crippen LogP contribution in [0.5, 0.6) is 0 Å². The standard InChI is InChI=1S/C14H16N2O3S/c17-13(18)12-9-10-3-1-2-4-11(10)16(12)14(19)15-5-7-20-8-6-15/h1-4,12H,5-9H2,(H,17,18). The minimum Gasteiger partial charge on any atom is -0.480 e. The van der Waals surface area contributed by atoms with Crippen LogP contribution in [0.25, 0.3) is 0 Å². The Labute approximate surface area is 121 Å². The molecule has 2 aliphatic rings. The molecule has 0 aromatic heterocycles. The lowest BCUT2D eigenvalue weighted by Crippen LogP contribution is -2.51. The van der Waals surface area contributed by atoms with E-state index in [1.165, 1.54) is 4.90 Å². The molecule has 1 atom stereocenters. The Bertz CT molecular complexity index is 543. The van der Waals surface area contributed by atoms with E-state index in [-0.39, 0.29) is 6.03 Å². The zero-order valence-corrected chi connectivity index (χ0v) is 11.8. The Morgan fingerprint density at radius 2 is 1.90 bits per heavy atom. The van der Waals surface area contributed by atoms with Gasteiger partial charge in [-0.05, 0) is 11.6 Å². The third-order valence-corrected chi connectivity index (χ3v) is 4.69. The fourth-order valence-electron chi connectivity index (χ4n) is 2.73. The smallest absolute Gasteiger partial charge is 0.327 e. The number of carbonyl (C=O) groups excluding carboxylic acids is 1. The lowest BCUT2D eigenvalue weighted by Gasteiger charge is -2.32. The minimum absolute atomic E-state index is 0.178. The number of urea groups is 1. The molecule has 1 saturated heterocycles. The van der Waals surface area contributed by atoms with E-state index in [1.807, 2.05) is 36.0 Å². The van der Waals surface area contributed by atoms with Gasteiger partial charge in [-0.15, -0.1) is 0 Å². The van der Waals surface area contributed by atoms with E-state index in [4.69, 9.17) is 0 Å². The summed E-state index contributed by atoms with van der Waals surface area (Å²) in [7, 11) is 0. The number of thioether (sulfide) groups is 1. The molecule has 0 aliphatic carbocycles. The van der Waals surface area contributed by atoms with Crippen LogP contribution in [-0.4, -0.2) is 52.6 Å². The summed E-state index contributed by atoms with van der Waals surface area (Å²) in [5, 5.41) is 9.39. The molecule has 0 bridgehead atoms. The quantitative estimate of drug-likeness (QED) is 0.855. The van der Waals surface area contributed by atoms with Gasteiger partial charge in [-0.1, -0.05) is 18.2 Å². The lowest BCUT2D eigenvalue weighted by molar-refractivity contribution is -0.138. The monoisotopic (exact) mass is 292 g/mol. The number of para-hydroxylation sites is 1. The topological polar surface area (TPSA) is 60.9 Å². The van der Waals surface area contributed by atoms with Gasteiger partial charge in [0.1, 0.15) is 6.04 Å². The summed E-state index contributed by atoms with van der Waals surface area (Å²) >= 11 is 1.82. The van der Waals surface area contributed by atoms with Gasteiger partial charge in [0, 0.05) is 36.7 Å². The highest BCUT2D eigenvalue weighted by Gasteiger charge is 2.40. The van der Waals surface area contributed by atoms with Crippen molar-refractivity contribution in [2.75, 3.05) is 29.5 Å². The Kier molecular flexibility index (Phi) is 3.56. The van der Waals surface area contributed by atoms with Crippen molar-refractivity contribution in [3.05, 3.63) is 29.8 Å². The Morgan fingerprint density at radius 3 is 2.60 bits per heavy atom. The van der Waals surface area contributed by atoms with Crippen molar-refractivity contribution in [3.63, 3.8) is 0 Å². The van der Waals surface area contributed by atoms with E-state index < -0.39 is 12.0 Å². The molecule has 1 aromatic rings. The number of nitrogens with zero attached hydrogens (tertiary/aromatic N) is 2. The van der Waals surface area contributed by atoms with E-state index in [9.17, 15) is 14.7 Å². The summed E-state index contributed by atoms with van der Waals surface area (Å²) in [5.41, 5.74) is 1.67. The molecule has 0 spiro atoms. The number of rotatable bonds is 1. The first kappa shape index (κ1) is 13.3. The van der Waals surface area contributed by atoms with Crippen molar-refractivity contribution in [1.29, 1.82) is 0 Å². The number of hydrogen-bond donors (Lipinski definition) is 1. The van der Waals surface area contributed by atoms with Gasteiger partial charge in [0.05, 0.1) is 0 Å². The number of carbonyl (C=O) groups is 2. The van der Waals surface area contributed by atoms with Gasteiger partial charge in [0.15, 0.2) is 0 Å². The minimum atomic E-state index is -0.944. The first-order valence-electron chi connectivity index (χ1n) is 6.65. The summed E-state index contributed by atoms with van der Waals surface area (Å²) in [6, 6.07) is 6.48. The molecule has 106 valence electrons. The molecule has 5 nitrogen and oxygen atoms in total. The molecule has 1 unspecified atom stereocenters. The SMILES string of the molecule is O=C(O)C1Cc2ccccc2N1C(=O)N1CCSCC1. The van der Waals surface area contributed by atoms with Gasteiger partial charge in [-0.3, -0.25) is 4.90 Å². The van der Waals surface area contributed by atoms with Crippen LogP contribution in [0.2, 0.25) is 0 Å².